The minimum Gasteiger partial charge on any atom is -0.462 e. The number of thioether (sulfide) groups is 1. The molecule has 4 heteroatoms. The summed E-state index contributed by atoms with van der Waals surface area (Å²) in [7, 11) is 0. The zero-order chi connectivity index (χ0) is 18.8. The zero-order valence-corrected chi connectivity index (χ0v) is 17.1. The molecule has 3 aliphatic rings. The molecule has 0 N–H and O–H groups in total. The Morgan fingerprint density at radius 2 is 1.81 bits per heavy atom. The largest absolute Gasteiger partial charge is 0.462 e. The van der Waals surface area contributed by atoms with Gasteiger partial charge in [-0.1, -0.05) is 25.3 Å². The van der Waals surface area contributed by atoms with E-state index in [0.29, 0.717) is 11.7 Å². The number of esters is 1. The maximum Gasteiger partial charge on any atom is 0.313 e. The van der Waals surface area contributed by atoms with Crippen molar-refractivity contribution in [1.82, 2.24) is 0 Å². The average molecular weight is 387 g/mol. The number of benzene rings is 1. The van der Waals surface area contributed by atoms with Crippen LogP contribution in [0.5, 0.6) is 0 Å². The highest BCUT2D eigenvalue weighted by atomic mass is 32.2. The second kappa shape index (κ2) is 8.38. The third-order valence-corrected chi connectivity index (χ3v) is 7.90. The van der Waals surface area contributed by atoms with Crippen molar-refractivity contribution in [3.63, 3.8) is 0 Å². The summed E-state index contributed by atoms with van der Waals surface area (Å²) in [6, 6.07) is 6.00. The molecule has 146 valence electrons. The smallest absolute Gasteiger partial charge is 0.313 e. The van der Waals surface area contributed by atoms with E-state index in [1.54, 1.807) is 11.8 Å². The lowest BCUT2D eigenvalue weighted by molar-refractivity contribution is -0.151. The van der Waals surface area contributed by atoms with Gasteiger partial charge in [-0.2, -0.15) is 0 Å². The van der Waals surface area contributed by atoms with E-state index in [0.717, 1.165) is 53.9 Å². The number of hydrogen-bond acceptors (Lipinski definition) is 4. The van der Waals surface area contributed by atoms with Crippen molar-refractivity contribution in [3.05, 3.63) is 29.3 Å². The molecule has 3 atom stereocenters. The third kappa shape index (κ3) is 4.11. The first-order valence-corrected chi connectivity index (χ1v) is 11.6. The number of Topliss-reactive ketones (excluding diaryl/α,β-unsaturated/α-hetero) is 1. The Kier molecular flexibility index (Phi) is 5.91. The van der Waals surface area contributed by atoms with Crippen molar-refractivity contribution < 1.29 is 14.3 Å². The Morgan fingerprint density at radius 3 is 2.63 bits per heavy atom. The number of carbonyl (C=O) groups is 2. The summed E-state index contributed by atoms with van der Waals surface area (Å²) >= 11 is 1.80. The van der Waals surface area contributed by atoms with Crippen LogP contribution in [0.15, 0.2) is 23.1 Å². The normalized spacial score (nSPS) is 27.2. The number of hydrogen-bond donors (Lipinski definition) is 0. The topological polar surface area (TPSA) is 43.4 Å². The molecule has 3 nitrogen and oxygen atoms in total. The number of ketones is 1. The molecule has 4 rings (SSSR count). The molecule has 1 aromatic carbocycles. The summed E-state index contributed by atoms with van der Waals surface area (Å²) < 4.78 is 5.76. The van der Waals surface area contributed by atoms with E-state index in [1.165, 1.54) is 25.7 Å². The fraction of sp³-hybridized carbons (Fsp3) is 0.652. The van der Waals surface area contributed by atoms with Crippen LogP contribution in [0.1, 0.15) is 86.6 Å². The summed E-state index contributed by atoms with van der Waals surface area (Å²) in [6.45, 7) is 1.93. The molecule has 1 aromatic rings. The van der Waals surface area contributed by atoms with Gasteiger partial charge in [0, 0.05) is 22.1 Å². The molecular formula is C23H30O3S. The van der Waals surface area contributed by atoms with Crippen LogP contribution in [0.3, 0.4) is 0 Å². The van der Waals surface area contributed by atoms with E-state index in [-0.39, 0.29) is 23.9 Å². The molecule has 0 bridgehead atoms. The van der Waals surface area contributed by atoms with Crippen molar-refractivity contribution in [1.29, 1.82) is 0 Å². The van der Waals surface area contributed by atoms with Gasteiger partial charge in [-0.15, -0.1) is 11.8 Å². The fourth-order valence-electron chi connectivity index (χ4n) is 4.87. The minimum absolute atomic E-state index is 0.0913. The van der Waals surface area contributed by atoms with Crippen LogP contribution in [-0.2, 0) is 9.53 Å². The predicted molar refractivity (Wildman–Crippen MR) is 108 cm³/mol. The summed E-state index contributed by atoms with van der Waals surface area (Å²) in [5.41, 5.74) is 1.84. The Balaban J connectivity index is 1.49. The van der Waals surface area contributed by atoms with Gasteiger partial charge in [-0.05, 0) is 69.1 Å². The second-order valence-electron chi connectivity index (χ2n) is 8.50. The van der Waals surface area contributed by atoms with Crippen LogP contribution in [0.2, 0.25) is 0 Å². The average Bonchev–Trinajstić information content (AvgIpc) is 2.85. The van der Waals surface area contributed by atoms with Crippen LogP contribution < -0.4 is 0 Å². The Hall–Kier alpha value is -1.29. The molecule has 27 heavy (non-hydrogen) atoms. The maximum absolute atomic E-state index is 13.0. The number of rotatable bonds is 3. The lowest BCUT2D eigenvalue weighted by atomic mass is 9.76. The van der Waals surface area contributed by atoms with Crippen LogP contribution in [0, 0.1) is 11.8 Å². The van der Waals surface area contributed by atoms with Crippen LogP contribution in [0.25, 0.3) is 0 Å². The molecule has 0 aromatic heterocycles. The molecule has 1 unspecified atom stereocenters. The van der Waals surface area contributed by atoms with Crippen LogP contribution >= 0.6 is 11.8 Å². The van der Waals surface area contributed by atoms with Crippen molar-refractivity contribution >= 4 is 23.5 Å². The van der Waals surface area contributed by atoms with E-state index in [9.17, 15) is 9.59 Å². The molecule has 0 spiro atoms. The Labute approximate surface area is 166 Å². The monoisotopic (exact) mass is 386 g/mol. The molecule has 2 aliphatic carbocycles. The molecular weight excluding hydrogens is 356 g/mol. The van der Waals surface area contributed by atoms with Crippen molar-refractivity contribution in [2.75, 3.05) is 5.75 Å². The first-order chi connectivity index (χ1) is 13.1. The Bertz CT molecular complexity index is 708. The van der Waals surface area contributed by atoms with E-state index in [1.807, 2.05) is 19.1 Å². The van der Waals surface area contributed by atoms with Gasteiger partial charge in [0.1, 0.15) is 6.10 Å². The third-order valence-electron chi connectivity index (χ3n) is 6.66. The molecule has 0 amide bonds. The van der Waals surface area contributed by atoms with Gasteiger partial charge in [-0.3, -0.25) is 9.59 Å². The summed E-state index contributed by atoms with van der Waals surface area (Å²) in [5.74, 6) is 1.66. The molecule has 0 saturated heterocycles. The van der Waals surface area contributed by atoms with Crippen molar-refractivity contribution in [3.8, 4) is 0 Å². The van der Waals surface area contributed by atoms with Crippen LogP contribution in [-0.4, -0.2) is 23.6 Å². The molecule has 1 heterocycles. The summed E-state index contributed by atoms with van der Waals surface area (Å²) in [5, 5.41) is 0. The summed E-state index contributed by atoms with van der Waals surface area (Å²) in [6.07, 6.45) is 10.3. The van der Waals surface area contributed by atoms with E-state index >= 15 is 0 Å². The predicted octanol–water partition coefficient (Wildman–Crippen LogP) is 5.76. The standard InChI is InChI=1S/C23H30O3S/c1-15(23(25)26-18-8-3-2-4-9-18)16-11-12-20-21(13-16)27-14-17-7-5-6-10-19(17)22(20)24/h11-13,15,17-19H,2-10,14H2,1H3/t15?,17-,19+/m1/s1. The van der Waals surface area contributed by atoms with E-state index < -0.39 is 0 Å². The van der Waals surface area contributed by atoms with Gasteiger partial charge in [0.15, 0.2) is 5.78 Å². The zero-order valence-electron chi connectivity index (χ0n) is 16.2. The first kappa shape index (κ1) is 19.0. The van der Waals surface area contributed by atoms with Crippen molar-refractivity contribution in [2.45, 2.75) is 81.6 Å². The second-order valence-corrected chi connectivity index (χ2v) is 9.56. The van der Waals surface area contributed by atoms with E-state index in [2.05, 4.69) is 6.07 Å². The highest BCUT2D eigenvalue weighted by Gasteiger charge is 2.35. The van der Waals surface area contributed by atoms with Crippen LogP contribution in [0.4, 0.5) is 0 Å². The molecule has 2 fully saturated rings. The fourth-order valence-corrected chi connectivity index (χ4v) is 6.20. The van der Waals surface area contributed by atoms with E-state index in [4.69, 9.17) is 4.74 Å². The van der Waals surface area contributed by atoms with Gasteiger partial charge in [0.25, 0.3) is 0 Å². The highest BCUT2D eigenvalue weighted by molar-refractivity contribution is 7.99. The van der Waals surface area contributed by atoms with Gasteiger partial charge < -0.3 is 4.74 Å². The number of fused-ring (bicyclic) bond motifs is 2. The Morgan fingerprint density at radius 1 is 1.07 bits per heavy atom. The highest BCUT2D eigenvalue weighted by Crippen LogP contribution is 2.42. The maximum atomic E-state index is 13.0. The van der Waals surface area contributed by atoms with Crippen molar-refractivity contribution in [2.24, 2.45) is 11.8 Å². The lowest BCUT2D eigenvalue weighted by Crippen LogP contribution is -2.27. The number of ether oxygens (including phenoxy) is 1. The molecule has 1 aliphatic heterocycles. The lowest BCUT2D eigenvalue weighted by Gasteiger charge is -2.28. The number of carbonyl (C=O) groups excluding carboxylic acids is 2. The molecule has 2 saturated carbocycles. The van der Waals surface area contributed by atoms with Gasteiger partial charge in [-0.25, -0.2) is 0 Å². The first-order valence-electron chi connectivity index (χ1n) is 10.6. The van der Waals surface area contributed by atoms with Gasteiger partial charge in [0.2, 0.25) is 0 Å². The summed E-state index contributed by atoms with van der Waals surface area (Å²) in [4.78, 5) is 26.7. The minimum atomic E-state index is -0.279. The van der Waals surface area contributed by atoms with Gasteiger partial charge in [0.05, 0.1) is 5.92 Å². The quantitative estimate of drug-likeness (QED) is 0.619. The SMILES string of the molecule is CC(C(=O)OC1CCCCC1)c1ccc2c(c1)SC[C@H]1CCCC[C@@H]1C2=O. The van der Waals surface area contributed by atoms with Gasteiger partial charge >= 0.3 is 5.97 Å². The molecule has 0 radical (unpaired) electrons.